The molecule has 1 fully saturated rings. The fourth-order valence-corrected chi connectivity index (χ4v) is 3.59. The van der Waals surface area contributed by atoms with E-state index in [0.717, 1.165) is 12.1 Å². The van der Waals surface area contributed by atoms with Crippen LogP contribution in [0.5, 0.6) is 11.6 Å². The van der Waals surface area contributed by atoms with E-state index in [-0.39, 0.29) is 31.2 Å². The van der Waals surface area contributed by atoms with E-state index < -0.39 is 35.8 Å². The van der Waals surface area contributed by atoms with E-state index in [9.17, 15) is 27.2 Å². The van der Waals surface area contributed by atoms with Crippen LogP contribution in [0.15, 0.2) is 48.7 Å². The number of aromatic nitrogens is 2. The number of carbonyl (C=O) groups is 2. The van der Waals surface area contributed by atoms with Crippen molar-refractivity contribution in [1.29, 1.82) is 0 Å². The number of nitrogens with one attached hydrogen (secondary N) is 1. The highest BCUT2D eigenvalue weighted by Gasteiger charge is 2.36. The Balaban J connectivity index is 1.45. The quantitative estimate of drug-likeness (QED) is 0.535. The maximum atomic E-state index is 14.2. The lowest BCUT2D eigenvalue weighted by molar-refractivity contribution is -0.137. The van der Waals surface area contributed by atoms with Crippen LogP contribution in [0.25, 0.3) is 10.9 Å². The number of ether oxygens (including phenoxy) is 1. The van der Waals surface area contributed by atoms with Crippen molar-refractivity contribution in [2.75, 3.05) is 19.6 Å². The number of pyridine rings is 2. The molecule has 178 valence electrons. The first-order chi connectivity index (χ1) is 16.1. The Morgan fingerprint density at radius 3 is 2.62 bits per heavy atom. The Morgan fingerprint density at radius 2 is 1.94 bits per heavy atom. The third-order valence-electron chi connectivity index (χ3n) is 5.33. The summed E-state index contributed by atoms with van der Waals surface area (Å²) in [4.78, 5) is 32.7. The van der Waals surface area contributed by atoms with Gasteiger partial charge in [-0.25, -0.2) is 19.2 Å². The monoisotopic (exact) mass is 478 g/mol. The summed E-state index contributed by atoms with van der Waals surface area (Å²) in [5.74, 6) is -0.821. The van der Waals surface area contributed by atoms with Crippen LogP contribution < -0.4 is 10.1 Å². The second-order valence-corrected chi connectivity index (χ2v) is 7.71. The zero-order valence-corrected chi connectivity index (χ0v) is 17.4. The number of carboxylic acid groups (broad SMARTS) is 1. The van der Waals surface area contributed by atoms with Gasteiger partial charge in [-0.1, -0.05) is 6.07 Å². The minimum atomic E-state index is -4.49. The normalized spacial score (nSPS) is 18.2. The predicted molar refractivity (Wildman–Crippen MR) is 111 cm³/mol. The molecule has 2 atom stereocenters. The van der Waals surface area contributed by atoms with Crippen LogP contribution in [0.1, 0.15) is 16.1 Å². The molecule has 3 heterocycles. The maximum absolute atomic E-state index is 14.2. The van der Waals surface area contributed by atoms with Gasteiger partial charge >= 0.3 is 12.3 Å². The van der Waals surface area contributed by atoms with Gasteiger partial charge in [-0.15, -0.1) is 0 Å². The second kappa shape index (κ2) is 9.12. The van der Waals surface area contributed by atoms with E-state index in [1.54, 1.807) is 18.2 Å². The molecule has 2 unspecified atom stereocenters. The molecule has 1 aliphatic rings. The van der Waals surface area contributed by atoms with Crippen LogP contribution in [-0.2, 0) is 6.18 Å². The summed E-state index contributed by atoms with van der Waals surface area (Å²) in [7, 11) is 0. The van der Waals surface area contributed by atoms with Crippen molar-refractivity contribution in [3.63, 3.8) is 0 Å². The van der Waals surface area contributed by atoms with Gasteiger partial charge in [0.25, 0.3) is 5.91 Å². The van der Waals surface area contributed by atoms with E-state index in [2.05, 4.69) is 15.3 Å². The first-order valence-corrected chi connectivity index (χ1v) is 10.1. The lowest BCUT2D eigenvalue weighted by Gasteiger charge is -2.16. The minimum Gasteiger partial charge on any atom is -0.465 e. The molecular weight excluding hydrogens is 460 g/mol. The van der Waals surface area contributed by atoms with E-state index in [1.165, 1.54) is 17.0 Å². The number of amides is 2. The topological polar surface area (TPSA) is 105 Å². The summed E-state index contributed by atoms with van der Waals surface area (Å²) in [6.45, 7) is -0.188. The average molecular weight is 478 g/mol. The predicted octanol–water partition coefficient (Wildman–Crippen LogP) is 4.12. The molecule has 8 nitrogen and oxygen atoms in total. The third kappa shape index (κ3) is 5.16. The molecule has 0 spiro atoms. The summed E-state index contributed by atoms with van der Waals surface area (Å²) in [5, 5.41) is 11.4. The van der Waals surface area contributed by atoms with Crippen molar-refractivity contribution in [2.24, 2.45) is 5.92 Å². The van der Waals surface area contributed by atoms with Gasteiger partial charge in [-0.2, -0.15) is 13.2 Å². The van der Waals surface area contributed by atoms with E-state index >= 15 is 0 Å². The minimum absolute atomic E-state index is 0.0196. The number of alkyl halides is 4. The summed E-state index contributed by atoms with van der Waals surface area (Å²) in [6.07, 6.45) is -6.43. The van der Waals surface area contributed by atoms with Gasteiger partial charge in [0.1, 0.15) is 17.6 Å². The number of likely N-dealkylation sites (tertiary alicyclic amines) is 1. The Labute approximate surface area is 190 Å². The highest BCUT2D eigenvalue weighted by atomic mass is 19.4. The Kier molecular flexibility index (Phi) is 6.22. The standard InChI is InChI=1S/C22H18F4N4O4/c23-16-11-30(10-13(16)8-28-21(32)33)20(31)18-4-1-12-7-15(3-5-17(12)29-18)34-19-6-2-14(9-27-19)22(24,25)26/h1-7,9,13,16,28H,8,10-11H2,(H,32,33). The van der Waals surface area contributed by atoms with Crippen LogP contribution >= 0.6 is 0 Å². The molecule has 0 bridgehead atoms. The van der Waals surface area contributed by atoms with E-state index in [4.69, 9.17) is 9.84 Å². The highest BCUT2D eigenvalue weighted by Crippen LogP contribution is 2.30. The largest absolute Gasteiger partial charge is 0.465 e. The molecule has 1 aliphatic heterocycles. The van der Waals surface area contributed by atoms with Crippen molar-refractivity contribution in [2.45, 2.75) is 12.3 Å². The SMILES string of the molecule is O=C(O)NCC1CN(C(=O)c2ccc3cc(Oc4ccc(C(F)(F)F)cn4)ccc3n2)CC1F. The summed E-state index contributed by atoms with van der Waals surface area (Å²) in [5.41, 5.74) is -0.329. The van der Waals surface area contributed by atoms with Gasteiger partial charge < -0.3 is 20.1 Å². The van der Waals surface area contributed by atoms with Gasteiger partial charge in [-0.05, 0) is 30.3 Å². The highest BCUT2D eigenvalue weighted by molar-refractivity contribution is 5.95. The van der Waals surface area contributed by atoms with Gasteiger partial charge in [0, 0.05) is 36.7 Å². The molecule has 0 radical (unpaired) electrons. The summed E-state index contributed by atoms with van der Waals surface area (Å²) < 4.78 is 57.7. The average Bonchev–Trinajstić information content (AvgIpc) is 3.17. The van der Waals surface area contributed by atoms with Gasteiger partial charge in [-0.3, -0.25) is 4.79 Å². The van der Waals surface area contributed by atoms with Crippen LogP contribution in [-0.4, -0.2) is 57.8 Å². The molecule has 2 aromatic heterocycles. The van der Waals surface area contributed by atoms with Gasteiger partial charge in [0.15, 0.2) is 0 Å². The maximum Gasteiger partial charge on any atom is 0.417 e. The molecule has 0 saturated carbocycles. The van der Waals surface area contributed by atoms with Crippen molar-refractivity contribution in [3.05, 3.63) is 59.9 Å². The fourth-order valence-electron chi connectivity index (χ4n) is 3.59. The Hall–Kier alpha value is -3.96. The zero-order chi connectivity index (χ0) is 24.5. The number of rotatable bonds is 5. The Bertz CT molecular complexity index is 1220. The Morgan fingerprint density at radius 1 is 1.15 bits per heavy atom. The molecule has 2 amide bonds. The van der Waals surface area contributed by atoms with Crippen molar-refractivity contribution < 1.29 is 37.0 Å². The van der Waals surface area contributed by atoms with Crippen molar-refractivity contribution in [1.82, 2.24) is 20.2 Å². The number of hydrogen-bond donors (Lipinski definition) is 2. The fraction of sp³-hybridized carbons (Fsp3) is 0.273. The van der Waals surface area contributed by atoms with Crippen molar-refractivity contribution >= 4 is 22.9 Å². The van der Waals surface area contributed by atoms with E-state index in [0.29, 0.717) is 22.8 Å². The second-order valence-electron chi connectivity index (χ2n) is 7.71. The lowest BCUT2D eigenvalue weighted by Crippen LogP contribution is -2.33. The summed E-state index contributed by atoms with van der Waals surface area (Å²) >= 11 is 0. The van der Waals surface area contributed by atoms with Gasteiger partial charge in [0.2, 0.25) is 5.88 Å². The number of nitrogens with zero attached hydrogens (tertiary/aromatic N) is 3. The molecule has 0 aliphatic carbocycles. The first-order valence-electron chi connectivity index (χ1n) is 10.1. The smallest absolute Gasteiger partial charge is 0.417 e. The molecule has 1 aromatic carbocycles. The summed E-state index contributed by atoms with van der Waals surface area (Å²) in [6, 6.07) is 9.77. The van der Waals surface area contributed by atoms with Gasteiger partial charge in [0.05, 0.1) is 17.6 Å². The zero-order valence-electron chi connectivity index (χ0n) is 17.4. The van der Waals surface area contributed by atoms with Crippen LogP contribution in [0.4, 0.5) is 22.4 Å². The molecule has 34 heavy (non-hydrogen) atoms. The molecule has 4 rings (SSSR count). The molecular formula is C22H18F4N4O4. The molecule has 1 saturated heterocycles. The lowest BCUT2D eigenvalue weighted by atomic mass is 10.1. The number of halogens is 4. The van der Waals surface area contributed by atoms with Crippen molar-refractivity contribution in [3.8, 4) is 11.6 Å². The van der Waals surface area contributed by atoms with Crippen LogP contribution in [0, 0.1) is 5.92 Å². The molecule has 12 heteroatoms. The van der Waals surface area contributed by atoms with Crippen LogP contribution in [0.2, 0.25) is 0 Å². The van der Waals surface area contributed by atoms with Crippen LogP contribution in [0.3, 0.4) is 0 Å². The van der Waals surface area contributed by atoms with E-state index in [1.807, 2.05) is 0 Å². The number of carbonyl (C=O) groups excluding carboxylic acids is 1. The third-order valence-corrected chi connectivity index (χ3v) is 5.33. The molecule has 2 N–H and O–H groups in total. The molecule has 3 aromatic rings. The number of hydrogen-bond acceptors (Lipinski definition) is 5. The number of fused-ring (bicyclic) bond motifs is 1. The first kappa shape index (κ1) is 23.2. The number of benzene rings is 1.